The Hall–Kier alpha value is -2.58. The second-order valence-electron chi connectivity index (χ2n) is 15.8. The van der Waals surface area contributed by atoms with Gasteiger partial charge in [0.1, 0.15) is 128 Å². The van der Waals surface area contributed by atoms with Crippen LogP contribution in [0, 0.1) is 10.1 Å². The topological polar surface area (TPSA) is 459 Å². The molecule has 4 unspecified atom stereocenters. The Bertz CT molecular complexity index is 1640. The molecule has 0 radical (unpaired) electrons. The second-order valence-corrected chi connectivity index (χ2v) is 15.8. The van der Waals surface area contributed by atoms with Crippen LogP contribution in [-0.4, -0.2) is 273 Å². The lowest BCUT2D eigenvalue weighted by molar-refractivity contribution is -0.392. The van der Waals surface area contributed by atoms with E-state index < -0.39 is 191 Å². The van der Waals surface area contributed by atoms with Gasteiger partial charge in [-0.05, 0) is 12.1 Å². The van der Waals surface area contributed by atoms with Gasteiger partial charge in [0.05, 0.1) is 38.0 Å². The fourth-order valence-corrected chi connectivity index (χ4v) is 7.90. The lowest BCUT2D eigenvalue weighted by Gasteiger charge is -2.49. The first-order chi connectivity index (χ1) is 30.9. The van der Waals surface area contributed by atoms with Crippen molar-refractivity contribution in [2.45, 2.75) is 154 Å². The Morgan fingerprint density at radius 3 is 0.985 bits per heavy atom. The standard InChI is InChI=1S/C36H55NO28/c38-5-12-17(43)18(44)23(49)33(57-12)62-29-14(7-40)59-35(25(51)20(29)46)64-31-16(9-42)61-36(27(53)22(31)48)65-30-15(8-41)60-34(26(52)21(30)47)63-28-13(6-39)58-32(24(50)19(28)45)56-11-3-1-10(2-4-11)37(54)55/h1-4,12-36,38-53H,5-9H2/t12-,13-,14-,15-,16-,17-,18+,19-,20-,21-,22-,23-,24-,25-,26-,27-,28?,29?,30?,31?,32+,33-,34+,35+,36-/m1/s1. The molecule has 5 saturated heterocycles. The van der Waals surface area contributed by atoms with Crippen LogP contribution in [0.25, 0.3) is 0 Å². The summed E-state index contributed by atoms with van der Waals surface area (Å²) in [6, 6.07) is 4.59. The summed E-state index contributed by atoms with van der Waals surface area (Å²) in [7, 11) is 0. The highest BCUT2D eigenvalue weighted by atomic mass is 16.8. The van der Waals surface area contributed by atoms with Crippen LogP contribution >= 0.6 is 0 Å². The Morgan fingerprint density at radius 1 is 0.400 bits per heavy atom. The van der Waals surface area contributed by atoms with Gasteiger partial charge in [-0.2, -0.15) is 0 Å². The van der Waals surface area contributed by atoms with Crippen molar-refractivity contribution in [3.8, 4) is 5.75 Å². The third-order valence-electron chi connectivity index (χ3n) is 11.6. The summed E-state index contributed by atoms with van der Waals surface area (Å²) < 4.78 is 55.6. The molecular weight excluding hydrogens is 894 g/mol. The van der Waals surface area contributed by atoms with Crippen LogP contribution in [0.2, 0.25) is 0 Å². The van der Waals surface area contributed by atoms with Gasteiger partial charge in [-0.25, -0.2) is 0 Å². The van der Waals surface area contributed by atoms with Gasteiger partial charge in [-0.1, -0.05) is 0 Å². The molecule has 0 saturated carbocycles. The minimum absolute atomic E-state index is 0.0196. The normalized spacial score (nSPS) is 47.3. The molecule has 5 aliphatic heterocycles. The number of non-ortho nitro benzene ring substituents is 1. The van der Waals surface area contributed by atoms with Crippen LogP contribution in [0.5, 0.6) is 5.75 Å². The average Bonchev–Trinajstić information content (AvgIpc) is 3.30. The Morgan fingerprint density at radius 2 is 0.677 bits per heavy atom. The molecule has 0 aliphatic carbocycles. The van der Waals surface area contributed by atoms with E-state index in [0.29, 0.717) is 0 Å². The molecule has 6 rings (SSSR count). The fraction of sp³-hybridized carbons (Fsp3) is 0.833. The number of hydrogen-bond acceptors (Lipinski definition) is 28. The number of ether oxygens (including phenoxy) is 10. The molecule has 65 heavy (non-hydrogen) atoms. The first-order valence-electron chi connectivity index (χ1n) is 20.2. The van der Waals surface area contributed by atoms with Gasteiger partial charge in [-0.3, -0.25) is 10.1 Å². The van der Waals surface area contributed by atoms with Gasteiger partial charge in [0, 0.05) is 12.1 Å². The molecular formula is C36H55NO28. The molecule has 1 aromatic rings. The Labute approximate surface area is 366 Å². The van der Waals surface area contributed by atoms with E-state index in [-0.39, 0.29) is 11.4 Å². The number of benzene rings is 1. The molecule has 25 atom stereocenters. The number of nitrogens with zero attached hydrogens (tertiary/aromatic N) is 1. The number of nitro groups is 1. The largest absolute Gasteiger partial charge is 0.462 e. The number of rotatable bonds is 16. The molecule has 0 spiro atoms. The van der Waals surface area contributed by atoms with Crippen molar-refractivity contribution in [2.75, 3.05) is 33.0 Å². The molecule has 5 aliphatic rings. The second kappa shape index (κ2) is 22.2. The zero-order valence-corrected chi connectivity index (χ0v) is 33.8. The van der Waals surface area contributed by atoms with Gasteiger partial charge in [0.25, 0.3) is 5.69 Å². The summed E-state index contributed by atoms with van der Waals surface area (Å²) in [5.41, 5.74) is -0.267. The van der Waals surface area contributed by atoms with E-state index in [9.17, 15) is 91.8 Å². The number of aliphatic hydroxyl groups is 16. The van der Waals surface area contributed by atoms with E-state index in [1.807, 2.05) is 0 Å². The van der Waals surface area contributed by atoms with E-state index in [1.165, 1.54) is 12.1 Å². The van der Waals surface area contributed by atoms with Gasteiger partial charge < -0.3 is 129 Å². The van der Waals surface area contributed by atoms with Gasteiger partial charge >= 0.3 is 0 Å². The molecule has 0 aromatic heterocycles. The van der Waals surface area contributed by atoms with E-state index in [2.05, 4.69) is 0 Å². The average molecular weight is 950 g/mol. The summed E-state index contributed by atoms with van der Waals surface area (Å²) in [6.45, 7) is -4.63. The molecule has 5 heterocycles. The van der Waals surface area contributed by atoms with Crippen molar-refractivity contribution in [1.29, 1.82) is 0 Å². The van der Waals surface area contributed by atoms with Crippen molar-refractivity contribution in [3.63, 3.8) is 0 Å². The molecule has 5 fully saturated rings. The third kappa shape index (κ3) is 10.8. The van der Waals surface area contributed by atoms with Crippen LogP contribution in [0.1, 0.15) is 0 Å². The monoisotopic (exact) mass is 949 g/mol. The van der Waals surface area contributed by atoms with E-state index in [1.54, 1.807) is 0 Å². The van der Waals surface area contributed by atoms with E-state index in [4.69, 9.17) is 47.4 Å². The third-order valence-corrected chi connectivity index (χ3v) is 11.6. The van der Waals surface area contributed by atoms with E-state index >= 15 is 0 Å². The Balaban J connectivity index is 1.07. The quantitative estimate of drug-likeness (QED) is 0.0540. The zero-order chi connectivity index (χ0) is 47.6. The highest BCUT2D eigenvalue weighted by molar-refractivity contribution is 5.36. The highest BCUT2D eigenvalue weighted by Crippen LogP contribution is 2.36. The predicted octanol–water partition coefficient (Wildman–Crippen LogP) is -9.93. The molecule has 29 nitrogen and oxygen atoms in total. The predicted molar refractivity (Wildman–Crippen MR) is 198 cm³/mol. The Kier molecular flexibility index (Phi) is 17.7. The van der Waals surface area contributed by atoms with Crippen molar-refractivity contribution in [3.05, 3.63) is 34.4 Å². The minimum Gasteiger partial charge on any atom is -0.462 e. The smallest absolute Gasteiger partial charge is 0.269 e. The van der Waals surface area contributed by atoms with Gasteiger partial charge in [-0.15, -0.1) is 0 Å². The minimum atomic E-state index is -2.15. The SMILES string of the molecule is O=[N+]([O-])c1ccc(O[C@H]2O[C@H](CO)C(O[C@@H]3O[C@H](CO)C(O[C@H]4O[C@H](CO)C(O[C@@H]5O[C@H](CO)C(O[C@H]6O[C@H](CO)[C@@H](O)[C@H](O)[C@H]6O)[C@H](O)[C@H]5O)[C@H](O)[C@H]4O)[C@H](O)[C@H]3O)[C@H](O)[C@H]2O)cc1. The number of nitro benzene ring substituents is 1. The lowest BCUT2D eigenvalue weighted by Crippen LogP contribution is -2.68. The maximum absolute atomic E-state index is 11.2. The van der Waals surface area contributed by atoms with Gasteiger partial charge in [0.2, 0.25) is 6.29 Å². The number of aliphatic hydroxyl groups excluding tert-OH is 16. The molecule has 29 heteroatoms. The summed E-state index contributed by atoms with van der Waals surface area (Å²) in [4.78, 5) is 10.3. The highest BCUT2D eigenvalue weighted by Gasteiger charge is 2.56. The number of hydrogen-bond donors (Lipinski definition) is 16. The summed E-state index contributed by atoms with van der Waals surface area (Å²) in [5.74, 6) is -0.0196. The zero-order valence-electron chi connectivity index (χ0n) is 33.8. The first-order valence-corrected chi connectivity index (χ1v) is 20.2. The van der Waals surface area contributed by atoms with Gasteiger partial charge in [0.15, 0.2) is 25.2 Å². The molecule has 1 aromatic carbocycles. The van der Waals surface area contributed by atoms with Crippen molar-refractivity contribution < 1.29 is 134 Å². The fourth-order valence-electron chi connectivity index (χ4n) is 7.90. The van der Waals surface area contributed by atoms with Crippen LogP contribution in [0.3, 0.4) is 0 Å². The molecule has 372 valence electrons. The molecule has 0 amide bonds. The lowest BCUT2D eigenvalue weighted by atomic mass is 9.95. The summed E-state index contributed by atoms with van der Waals surface area (Å²) in [5, 5.41) is 180. The van der Waals surface area contributed by atoms with Crippen LogP contribution < -0.4 is 4.74 Å². The van der Waals surface area contributed by atoms with Crippen molar-refractivity contribution >= 4 is 5.69 Å². The van der Waals surface area contributed by atoms with Crippen molar-refractivity contribution in [1.82, 2.24) is 0 Å². The van der Waals surface area contributed by atoms with E-state index in [0.717, 1.165) is 12.1 Å². The molecule has 0 bridgehead atoms. The maximum Gasteiger partial charge on any atom is 0.269 e. The van der Waals surface area contributed by atoms with Crippen molar-refractivity contribution in [2.24, 2.45) is 0 Å². The van der Waals surface area contributed by atoms with Crippen LogP contribution in [-0.2, 0) is 42.6 Å². The first kappa shape index (κ1) is 51.8. The summed E-state index contributed by atoms with van der Waals surface area (Å²) >= 11 is 0. The van der Waals surface area contributed by atoms with Crippen LogP contribution in [0.4, 0.5) is 5.69 Å². The van der Waals surface area contributed by atoms with Crippen LogP contribution in [0.15, 0.2) is 24.3 Å². The molecule has 16 N–H and O–H groups in total. The summed E-state index contributed by atoms with van der Waals surface area (Å²) in [6.07, 6.45) is -46.2. The maximum atomic E-state index is 11.2.